The summed E-state index contributed by atoms with van der Waals surface area (Å²) in [5.74, 6) is 3.97. The third kappa shape index (κ3) is 12.4. The molecule has 1 N–H and O–H groups in total. The van der Waals surface area contributed by atoms with Crippen LogP contribution < -0.4 is 14.8 Å². The number of unbranched alkanes of at least 4 members (excludes halogenated alkanes) is 5. The zero-order valence-corrected chi connectivity index (χ0v) is 32.6. The van der Waals surface area contributed by atoms with Crippen LogP contribution in [0.15, 0.2) is 0 Å². The van der Waals surface area contributed by atoms with Gasteiger partial charge in [-0.15, -0.1) is 0 Å². The lowest BCUT2D eigenvalue weighted by molar-refractivity contribution is -0.122. The second-order valence-electron chi connectivity index (χ2n) is 17.0. The fourth-order valence-corrected chi connectivity index (χ4v) is 6.95. The Morgan fingerprint density at radius 3 is 2.15 bits per heavy atom. The highest BCUT2D eigenvalue weighted by Crippen LogP contribution is 2.46. The van der Waals surface area contributed by atoms with E-state index in [1.807, 2.05) is 0 Å². The first-order valence-corrected chi connectivity index (χ1v) is 19.2. The van der Waals surface area contributed by atoms with E-state index in [0.717, 1.165) is 61.9 Å². The highest BCUT2D eigenvalue weighted by molar-refractivity contribution is 5.75. The molecule has 0 radical (unpaired) electrons. The highest BCUT2D eigenvalue weighted by atomic mass is 16.5. The summed E-state index contributed by atoms with van der Waals surface area (Å²) in [6.07, 6.45) is 19.1. The zero-order valence-electron chi connectivity index (χ0n) is 32.6. The third-order valence-electron chi connectivity index (χ3n) is 11.7. The molecule has 1 aliphatic rings. The number of carbonyl (C=O) groups is 1. The molecule has 1 heterocycles. The predicted molar refractivity (Wildman–Crippen MR) is 198 cm³/mol. The number of hydrogen-bond acceptors (Lipinski definition) is 3. The summed E-state index contributed by atoms with van der Waals surface area (Å²) >= 11 is 0. The van der Waals surface area contributed by atoms with Gasteiger partial charge in [-0.05, 0) is 106 Å². The van der Waals surface area contributed by atoms with Gasteiger partial charge < -0.3 is 14.8 Å². The molecule has 0 unspecified atom stereocenters. The molecule has 2 atom stereocenters. The van der Waals surface area contributed by atoms with Gasteiger partial charge in [0.05, 0.1) is 6.61 Å². The molecule has 4 nitrogen and oxygen atoms in total. The third-order valence-corrected chi connectivity index (χ3v) is 11.7. The summed E-state index contributed by atoms with van der Waals surface area (Å²) in [5, 5.41) is 3.18. The number of rotatable bonds is 22. The van der Waals surface area contributed by atoms with Crippen LogP contribution in [0.4, 0.5) is 0 Å². The van der Waals surface area contributed by atoms with Gasteiger partial charge in [0.25, 0.3) is 0 Å². The van der Waals surface area contributed by atoms with Crippen LogP contribution in [-0.4, -0.2) is 24.7 Å². The standard InChI is InChI=1S/C42H75NO3/c1-13-14-24-37(44)43-30-41(10,11)40(8,9)28-29-45-38-33(5)34(6)39-36(35(38)7)25-27-42(12,46-39)26-20-23-32(4)22-19-17-15-16-18-21-31(2)3/h31-32H,13-30H2,1-12H3,(H,43,44)/t32-,42-/m1/s1. The van der Waals surface area contributed by atoms with Crippen molar-refractivity contribution in [2.24, 2.45) is 22.7 Å². The van der Waals surface area contributed by atoms with Gasteiger partial charge in [0, 0.05) is 18.5 Å². The Morgan fingerprint density at radius 1 is 0.870 bits per heavy atom. The van der Waals surface area contributed by atoms with Crippen molar-refractivity contribution in [2.45, 2.75) is 191 Å². The van der Waals surface area contributed by atoms with E-state index in [0.29, 0.717) is 19.6 Å². The van der Waals surface area contributed by atoms with Crippen molar-refractivity contribution in [1.82, 2.24) is 5.32 Å². The number of carbonyl (C=O) groups excluding carboxylic acids is 1. The maximum atomic E-state index is 12.3. The Kier molecular flexibility index (Phi) is 16.5. The first kappa shape index (κ1) is 40.5. The summed E-state index contributed by atoms with van der Waals surface area (Å²) in [7, 11) is 0. The molecule has 1 aliphatic heterocycles. The molecule has 0 fully saturated rings. The van der Waals surface area contributed by atoms with Crippen molar-refractivity contribution in [3.8, 4) is 11.5 Å². The van der Waals surface area contributed by atoms with Gasteiger partial charge in [0.2, 0.25) is 5.91 Å². The lowest BCUT2D eigenvalue weighted by atomic mass is 9.66. The van der Waals surface area contributed by atoms with Crippen molar-refractivity contribution >= 4 is 5.91 Å². The minimum Gasteiger partial charge on any atom is -0.493 e. The maximum absolute atomic E-state index is 12.3. The minimum absolute atomic E-state index is 0.00564. The molecular formula is C42H75NO3. The van der Waals surface area contributed by atoms with Crippen LogP contribution in [-0.2, 0) is 11.2 Å². The van der Waals surface area contributed by atoms with Crippen molar-refractivity contribution in [3.63, 3.8) is 0 Å². The van der Waals surface area contributed by atoms with Crippen LogP contribution in [0.3, 0.4) is 0 Å². The lowest BCUT2D eigenvalue weighted by Crippen LogP contribution is -2.43. The number of ether oxygens (including phenoxy) is 2. The molecule has 1 aromatic rings. The van der Waals surface area contributed by atoms with E-state index in [1.165, 1.54) is 80.0 Å². The van der Waals surface area contributed by atoms with E-state index in [2.05, 4.69) is 88.4 Å². The van der Waals surface area contributed by atoms with Gasteiger partial charge in [0.1, 0.15) is 17.1 Å². The molecule has 266 valence electrons. The zero-order chi connectivity index (χ0) is 34.5. The summed E-state index contributed by atoms with van der Waals surface area (Å²) in [4.78, 5) is 12.3. The first-order valence-electron chi connectivity index (χ1n) is 19.2. The van der Waals surface area contributed by atoms with Crippen LogP contribution in [0.25, 0.3) is 0 Å². The molecule has 0 aliphatic carbocycles. The van der Waals surface area contributed by atoms with Gasteiger partial charge in [-0.3, -0.25) is 4.79 Å². The van der Waals surface area contributed by atoms with Gasteiger partial charge in [-0.1, -0.05) is 113 Å². The Morgan fingerprint density at radius 2 is 1.50 bits per heavy atom. The molecule has 46 heavy (non-hydrogen) atoms. The van der Waals surface area contributed by atoms with E-state index in [-0.39, 0.29) is 22.3 Å². The topological polar surface area (TPSA) is 47.6 Å². The SMILES string of the molecule is CCCCC(=O)NCC(C)(C)C(C)(C)CCOc1c(C)c(C)c2c(c1C)CC[C@@](C)(CCC[C@H](C)CCCCCCCC(C)C)O2. The molecule has 0 saturated carbocycles. The van der Waals surface area contributed by atoms with Crippen molar-refractivity contribution < 1.29 is 14.3 Å². The summed E-state index contributed by atoms with van der Waals surface area (Å²) in [5.41, 5.74) is 4.90. The van der Waals surface area contributed by atoms with Crippen LogP contribution >= 0.6 is 0 Å². The average Bonchev–Trinajstić information content (AvgIpc) is 2.98. The molecule has 0 aromatic heterocycles. The molecule has 1 amide bonds. The van der Waals surface area contributed by atoms with E-state index in [9.17, 15) is 4.79 Å². The number of benzene rings is 1. The average molecular weight is 642 g/mol. The predicted octanol–water partition coefficient (Wildman–Crippen LogP) is 12.0. The minimum atomic E-state index is -0.0866. The number of nitrogens with one attached hydrogen (secondary N) is 1. The quantitative estimate of drug-likeness (QED) is 0.128. The number of fused-ring (bicyclic) bond motifs is 1. The van der Waals surface area contributed by atoms with Crippen molar-refractivity contribution in [1.29, 1.82) is 0 Å². The Balaban J connectivity index is 1.89. The first-order chi connectivity index (χ1) is 21.5. The molecule has 1 aromatic carbocycles. The Hall–Kier alpha value is -1.71. The summed E-state index contributed by atoms with van der Waals surface area (Å²) in [6, 6.07) is 0. The van der Waals surface area contributed by atoms with Gasteiger partial charge in [-0.2, -0.15) is 0 Å². The fraction of sp³-hybridized carbons (Fsp3) is 0.833. The summed E-state index contributed by atoms with van der Waals surface area (Å²) in [6.45, 7) is 28.7. The monoisotopic (exact) mass is 642 g/mol. The summed E-state index contributed by atoms with van der Waals surface area (Å²) < 4.78 is 13.5. The molecule has 0 bridgehead atoms. The van der Waals surface area contributed by atoms with Gasteiger partial charge in [-0.25, -0.2) is 0 Å². The number of amides is 1. The van der Waals surface area contributed by atoms with E-state index in [4.69, 9.17) is 9.47 Å². The van der Waals surface area contributed by atoms with Crippen molar-refractivity contribution in [3.05, 3.63) is 22.3 Å². The smallest absolute Gasteiger partial charge is 0.220 e. The van der Waals surface area contributed by atoms with Crippen molar-refractivity contribution in [2.75, 3.05) is 13.2 Å². The van der Waals surface area contributed by atoms with Crippen LogP contribution in [0, 0.1) is 43.4 Å². The van der Waals surface area contributed by atoms with Crippen LogP contribution in [0.2, 0.25) is 0 Å². The van der Waals surface area contributed by atoms with E-state index in [1.54, 1.807) is 0 Å². The second kappa shape index (κ2) is 18.7. The molecule has 2 rings (SSSR count). The van der Waals surface area contributed by atoms with E-state index >= 15 is 0 Å². The molecule has 4 heteroatoms. The second-order valence-corrected chi connectivity index (χ2v) is 17.0. The normalized spacial score (nSPS) is 17.5. The van der Waals surface area contributed by atoms with Gasteiger partial charge >= 0.3 is 0 Å². The Bertz CT molecular complexity index is 1070. The fourth-order valence-electron chi connectivity index (χ4n) is 6.95. The van der Waals surface area contributed by atoms with Crippen LogP contribution in [0.1, 0.15) is 181 Å². The molecule has 0 spiro atoms. The lowest BCUT2D eigenvalue weighted by Gasteiger charge is -2.42. The molecular weight excluding hydrogens is 566 g/mol. The number of hydrogen-bond donors (Lipinski definition) is 1. The molecule has 0 saturated heterocycles. The highest BCUT2D eigenvalue weighted by Gasteiger charge is 2.38. The van der Waals surface area contributed by atoms with E-state index < -0.39 is 0 Å². The van der Waals surface area contributed by atoms with Gasteiger partial charge in [0.15, 0.2) is 0 Å². The maximum Gasteiger partial charge on any atom is 0.220 e. The largest absolute Gasteiger partial charge is 0.493 e. The van der Waals surface area contributed by atoms with Crippen LogP contribution in [0.5, 0.6) is 11.5 Å². The Labute approximate surface area is 286 Å².